The molecule has 0 radical (unpaired) electrons. The number of nitrogens with two attached hydrogens (primary N) is 1. The molecule has 2 fully saturated rings. The minimum atomic E-state index is 0.0317. The lowest BCUT2D eigenvalue weighted by atomic mass is 9.68. The number of hydrogen-bond donors (Lipinski definition) is 1. The van der Waals surface area contributed by atoms with E-state index in [0.29, 0.717) is 17.4 Å². The standard InChI is InChI=1S/C27H31N7O2/c1-3-20(35)34-12-10-27(11-13-34)8-6-17(7-9-27)23-21(22-24(28)31-16-32-26(22)33(23)2)25-29-14-19(15-30-25)36-18-4-5-18/h3,6,14-16,18H,1,4-5,7-13H2,2H3,(H2,28,31,32). The lowest BCUT2D eigenvalue weighted by Crippen LogP contribution is -2.43. The monoisotopic (exact) mass is 485 g/mol. The maximum absolute atomic E-state index is 12.0. The first-order valence-electron chi connectivity index (χ1n) is 12.7. The maximum Gasteiger partial charge on any atom is 0.245 e. The number of aryl methyl sites for hydroxylation is 1. The molecule has 9 heteroatoms. The Kier molecular flexibility index (Phi) is 5.50. The molecule has 3 aliphatic rings. The number of fused-ring (bicyclic) bond motifs is 1. The van der Waals surface area contributed by atoms with Crippen LogP contribution in [-0.4, -0.2) is 54.5 Å². The number of nitrogen functional groups attached to an aromatic ring is 1. The van der Waals surface area contributed by atoms with Crippen molar-refractivity contribution < 1.29 is 9.53 Å². The molecule has 3 aromatic heterocycles. The molecule has 1 saturated heterocycles. The van der Waals surface area contributed by atoms with Gasteiger partial charge in [-0.2, -0.15) is 0 Å². The molecule has 2 aliphatic carbocycles. The SMILES string of the molecule is C=CC(=O)N1CCC2(CC=C(c3c(-c4ncc(OC5CC5)cn4)c4c(N)ncnc4n3C)CC2)CC1. The number of likely N-dealkylation sites (tertiary alicyclic amines) is 1. The van der Waals surface area contributed by atoms with Crippen LogP contribution in [-0.2, 0) is 11.8 Å². The molecule has 1 amide bonds. The average molecular weight is 486 g/mol. The Hall–Kier alpha value is -3.75. The molecule has 36 heavy (non-hydrogen) atoms. The summed E-state index contributed by atoms with van der Waals surface area (Å²) in [5, 5.41) is 0.781. The highest BCUT2D eigenvalue weighted by Crippen LogP contribution is 2.48. The lowest BCUT2D eigenvalue weighted by Gasteiger charge is -2.43. The summed E-state index contributed by atoms with van der Waals surface area (Å²) in [5.74, 6) is 1.74. The van der Waals surface area contributed by atoms with Crippen molar-refractivity contribution in [3.63, 3.8) is 0 Å². The fraction of sp³-hybridized carbons (Fsp3) is 0.444. The summed E-state index contributed by atoms with van der Waals surface area (Å²) in [5.41, 5.74) is 10.5. The largest absolute Gasteiger partial charge is 0.487 e. The summed E-state index contributed by atoms with van der Waals surface area (Å²) in [6.45, 7) is 5.22. The molecule has 9 nitrogen and oxygen atoms in total. The van der Waals surface area contributed by atoms with Gasteiger partial charge in [-0.1, -0.05) is 12.7 Å². The smallest absolute Gasteiger partial charge is 0.245 e. The Morgan fingerprint density at radius 3 is 2.56 bits per heavy atom. The number of rotatable bonds is 5. The van der Waals surface area contributed by atoms with Crippen molar-refractivity contribution in [2.45, 2.75) is 51.0 Å². The average Bonchev–Trinajstić information content (AvgIpc) is 3.67. The van der Waals surface area contributed by atoms with Crippen molar-refractivity contribution in [2.24, 2.45) is 12.5 Å². The predicted molar refractivity (Wildman–Crippen MR) is 138 cm³/mol. The summed E-state index contributed by atoms with van der Waals surface area (Å²) in [6.07, 6.45) is 16.2. The van der Waals surface area contributed by atoms with Crippen LogP contribution < -0.4 is 10.5 Å². The molecule has 1 saturated carbocycles. The number of anilines is 1. The minimum Gasteiger partial charge on any atom is -0.487 e. The molecule has 0 atom stereocenters. The van der Waals surface area contributed by atoms with Gasteiger partial charge in [0, 0.05) is 20.1 Å². The number of ether oxygens (including phenoxy) is 1. The molecule has 6 rings (SSSR count). The fourth-order valence-electron chi connectivity index (χ4n) is 5.70. The minimum absolute atomic E-state index is 0.0317. The third-order valence-corrected chi connectivity index (χ3v) is 8.00. The molecule has 0 aromatic carbocycles. The molecule has 186 valence electrons. The molecule has 0 unspecified atom stereocenters. The van der Waals surface area contributed by atoms with Gasteiger partial charge in [0.1, 0.15) is 17.8 Å². The molecule has 1 aliphatic heterocycles. The van der Waals surface area contributed by atoms with Crippen LogP contribution >= 0.6 is 0 Å². The Morgan fingerprint density at radius 1 is 1.17 bits per heavy atom. The van der Waals surface area contributed by atoms with Crippen molar-refractivity contribution in [2.75, 3.05) is 18.8 Å². The summed E-state index contributed by atoms with van der Waals surface area (Å²) < 4.78 is 7.94. The summed E-state index contributed by atoms with van der Waals surface area (Å²) in [7, 11) is 2.02. The van der Waals surface area contributed by atoms with E-state index in [0.717, 1.165) is 80.3 Å². The summed E-state index contributed by atoms with van der Waals surface area (Å²) >= 11 is 0. The first-order valence-corrected chi connectivity index (χ1v) is 12.7. The van der Waals surface area contributed by atoms with E-state index in [2.05, 4.69) is 37.2 Å². The van der Waals surface area contributed by atoms with Crippen LogP contribution in [0, 0.1) is 5.41 Å². The zero-order valence-corrected chi connectivity index (χ0v) is 20.6. The van der Waals surface area contributed by atoms with Crippen LogP contribution in [0.4, 0.5) is 5.82 Å². The van der Waals surface area contributed by atoms with Gasteiger partial charge in [-0.3, -0.25) is 4.79 Å². The van der Waals surface area contributed by atoms with Crippen molar-refractivity contribution in [1.82, 2.24) is 29.4 Å². The highest BCUT2D eigenvalue weighted by Gasteiger charge is 2.37. The first-order chi connectivity index (χ1) is 17.5. The van der Waals surface area contributed by atoms with Gasteiger partial charge in [0.25, 0.3) is 0 Å². The molecular formula is C27H31N7O2. The van der Waals surface area contributed by atoms with E-state index in [1.54, 1.807) is 12.4 Å². The highest BCUT2D eigenvalue weighted by atomic mass is 16.5. The topological polar surface area (TPSA) is 112 Å². The van der Waals surface area contributed by atoms with Gasteiger partial charge in [-0.05, 0) is 62.0 Å². The van der Waals surface area contributed by atoms with Crippen LogP contribution in [0.1, 0.15) is 50.6 Å². The summed E-state index contributed by atoms with van der Waals surface area (Å²) in [4.78, 5) is 32.1. The Balaban J connectivity index is 1.35. The van der Waals surface area contributed by atoms with Gasteiger partial charge in [0.15, 0.2) is 11.6 Å². The van der Waals surface area contributed by atoms with Gasteiger partial charge in [-0.25, -0.2) is 19.9 Å². The predicted octanol–water partition coefficient (Wildman–Crippen LogP) is 3.91. The highest BCUT2D eigenvalue weighted by molar-refractivity contribution is 6.04. The van der Waals surface area contributed by atoms with Crippen LogP contribution in [0.2, 0.25) is 0 Å². The van der Waals surface area contributed by atoms with E-state index in [9.17, 15) is 4.79 Å². The van der Waals surface area contributed by atoms with Crippen LogP contribution in [0.15, 0.2) is 37.5 Å². The van der Waals surface area contributed by atoms with Gasteiger partial charge >= 0.3 is 0 Å². The zero-order valence-electron chi connectivity index (χ0n) is 20.6. The third kappa shape index (κ3) is 3.92. The Morgan fingerprint density at radius 2 is 1.92 bits per heavy atom. The van der Waals surface area contributed by atoms with E-state index in [-0.39, 0.29) is 17.4 Å². The Bertz CT molecular complexity index is 1360. The second kappa shape index (κ2) is 8.72. The fourth-order valence-corrected chi connectivity index (χ4v) is 5.70. The molecule has 1 spiro atoms. The van der Waals surface area contributed by atoms with E-state index in [4.69, 9.17) is 10.5 Å². The molecule has 3 aromatic rings. The van der Waals surface area contributed by atoms with Crippen LogP contribution in [0.3, 0.4) is 0 Å². The summed E-state index contributed by atoms with van der Waals surface area (Å²) in [6, 6.07) is 0. The number of nitrogens with zero attached hydrogens (tertiary/aromatic N) is 6. The quantitative estimate of drug-likeness (QED) is 0.545. The maximum atomic E-state index is 12.0. The molecule has 2 N–H and O–H groups in total. The van der Waals surface area contributed by atoms with E-state index >= 15 is 0 Å². The number of piperidine rings is 1. The van der Waals surface area contributed by atoms with Gasteiger partial charge in [0.05, 0.1) is 35.1 Å². The van der Waals surface area contributed by atoms with Crippen LogP contribution in [0.5, 0.6) is 5.75 Å². The van der Waals surface area contributed by atoms with Crippen molar-refractivity contribution in [1.29, 1.82) is 0 Å². The number of hydrogen-bond acceptors (Lipinski definition) is 7. The zero-order chi connectivity index (χ0) is 24.9. The first kappa shape index (κ1) is 22.7. The van der Waals surface area contributed by atoms with E-state index in [1.165, 1.54) is 18.0 Å². The van der Waals surface area contributed by atoms with Crippen LogP contribution in [0.25, 0.3) is 28.0 Å². The lowest BCUT2D eigenvalue weighted by molar-refractivity contribution is -0.128. The number of aromatic nitrogens is 5. The van der Waals surface area contributed by atoms with E-state index in [1.807, 2.05) is 11.9 Å². The van der Waals surface area contributed by atoms with Crippen molar-refractivity contribution >= 4 is 28.3 Å². The molecule has 4 heterocycles. The molecule has 0 bridgehead atoms. The number of carbonyl (C=O) groups excluding carboxylic acids is 1. The number of allylic oxidation sites excluding steroid dienone is 2. The van der Waals surface area contributed by atoms with Crippen molar-refractivity contribution in [3.05, 3.63) is 43.1 Å². The third-order valence-electron chi connectivity index (χ3n) is 8.00. The second-order valence-corrected chi connectivity index (χ2v) is 10.3. The molecular weight excluding hydrogens is 454 g/mol. The number of amides is 1. The Labute approximate surface area is 210 Å². The van der Waals surface area contributed by atoms with Gasteiger partial charge in [0.2, 0.25) is 5.91 Å². The second-order valence-electron chi connectivity index (χ2n) is 10.3. The normalized spacial score (nSPS) is 19.4. The van der Waals surface area contributed by atoms with E-state index < -0.39 is 0 Å². The number of carbonyl (C=O) groups is 1. The van der Waals surface area contributed by atoms with Gasteiger partial charge < -0.3 is 19.9 Å². The van der Waals surface area contributed by atoms with Gasteiger partial charge in [-0.15, -0.1) is 0 Å². The van der Waals surface area contributed by atoms with Crippen molar-refractivity contribution in [3.8, 4) is 17.1 Å².